The van der Waals surface area contributed by atoms with Crippen LogP contribution in [0.4, 0.5) is 0 Å². The van der Waals surface area contributed by atoms with Gasteiger partial charge in [0, 0.05) is 48.7 Å². The van der Waals surface area contributed by atoms with E-state index in [1.165, 1.54) is 65.7 Å². The lowest BCUT2D eigenvalue weighted by Gasteiger charge is -2.40. The van der Waals surface area contributed by atoms with Gasteiger partial charge in [0.2, 0.25) is 0 Å². The van der Waals surface area contributed by atoms with Crippen LogP contribution in [0.15, 0.2) is 146 Å². The van der Waals surface area contributed by atoms with E-state index in [4.69, 9.17) is 14.2 Å². The van der Waals surface area contributed by atoms with Gasteiger partial charge in [0.05, 0.1) is 33.1 Å². The van der Waals surface area contributed by atoms with E-state index >= 15 is 0 Å². The van der Waals surface area contributed by atoms with Crippen molar-refractivity contribution in [1.82, 2.24) is 13.7 Å². The highest BCUT2D eigenvalue weighted by Gasteiger charge is 2.50. The van der Waals surface area contributed by atoms with Gasteiger partial charge in [0.15, 0.2) is 11.5 Å². The van der Waals surface area contributed by atoms with Gasteiger partial charge in [-0.05, 0) is 139 Å². The van der Waals surface area contributed by atoms with Gasteiger partial charge in [-0.2, -0.15) is 0 Å². The number of nitrogens with zero attached hydrogens (tertiary/aromatic N) is 3. The van der Waals surface area contributed by atoms with Gasteiger partial charge in [-0.25, -0.2) is 0 Å². The Balaban J connectivity index is 1.26. The summed E-state index contributed by atoms with van der Waals surface area (Å²) in [5, 5.41) is 7.17. The van der Waals surface area contributed by atoms with E-state index in [1.807, 2.05) is 0 Å². The summed E-state index contributed by atoms with van der Waals surface area (Å²) < 4.78 is 29.5. The van der Waals surface area contributed by atoms with Crippen LogP contribution < -0.4 is 30.6 Å². The van der Waals surface area contributed by atoms with Crippen LogP contribution in [0.25, 0.3) is 82.5 Å². The second kappa shape index (κ2) is 12.8. The summed E-state index contributed by atoms with van der Waals surface area (Å²) in [6, 6.07) is 53.8. The van der Waals surface area contributed by atoms with E-state index in [0.29, 0.717) is 0 Å². The molecular weight excluding hydrogens is 821 g/mol. The minimum atomic E-state index is -0.233. The van der Waals surface area contributed by atoms with Gasteiger partial charge in [0.1, 0.15) is 40.1 Å². The van der Waals surface area contributed by atoms with Gasteiger partial charge in [0.25, 0.3) is 6.71 Å². The van der Waals surface area contributed by atoms with Crippen molar-refractivity contribution in [2.75, 3.05) is 0 Å². The first-order chi connectivity index (χ1) is 32.7. The molecule has 9 aromatic carbocycles. The molecule has 7 heteroatoms. The number of aromatic nitrogens is 3. The fourth-order valence-electron chi connectivity index (χ4n) is 12.0. The molecule has 3 aromatic heterocycles. The van der Waals surface area contributed by atoms with Crippen LogP contribution in [0.3, 0.4) is 0 Å². The molecule has 0 N–H and O–H groups in total. The second-order valence-electron chi connectivity index (χ2n) is 19.3. The maximum atomic E-state index is 7.63. The second-order valence-corrected chi connectivity index (χ2v) is 19.3. The molecule has 6 nitrogen and oxygen atoms in total. The van der Waals surface area contributed by atoms with Crippen LogP contribution in [-0.2, 0) is 0 Å². The molecule has 0 spiro atoms. The summed E-state index contributed by atoms with van der Waals surface area (Å²) in [5.74, 6) is 4.71. The fraction of sp³-hybridized carbons (Fsp3) is 0.100. The third-order valence-corrected chi connectivity index (χ3v) is 14.8. The molecule has 6 heterocycles. The van der Waals surface area contributed by atoms with Crippen molar-refractivity contribution in [3.05, 3.63) is 179 Å². The summed E-state index contributed by atoms with van der Waals surface area (Å²) in [5.41, 5.74) is 19.8. The predicted molar refractivity (Wildman–Crippen MR) is 276 cm³/mol. The molecule has 15 rings (SSSR count). The first-order valence-corrected chi connectivity index (χ1v) is 23.3. The molecule has 0 bridgehead atoms. The van der Waals surface area contributed by atoms with Crippen molar-refractivity contribution in [1.29, 1.82) is 0 Å². The van der Waals surface area contributed by atoms with Gasteiger partial charge in [-0.15, -0.1) is 0 Å². The first-order valence-electron chi connectivity index (χ1n) is 23.3. The highest BCUT2D eigenvalue weighted by Crippen LogP contribution is 2.53. The molecule has 67 heavy (non-hydrogen) atoms. The van der Waals surface area contributed by atoms with E-state index in [1.54, 1.807) is 0 Å². The summed E-state index contributed by atoms with van der Waals surface area (Å²) in [6.07, 6.45) is 0. The van der Waals surface area contributed by atoms with E-state index in [0.717, 1.165) is 101 Å². The van der Waals surface area contributed by atoms with E-state index < -0.39 is 0 Å². The Bertz CT molecular complexity index is 3900. The topological polar surface area (TPSA) is 42.5 Å². The molecule has 3 aliphatic heterocycles. The number of hydrogen-bond donors (Lipinski definition) is 0. The van der Waals surface area contributed by atoms with Crippen LogP contribution in [-0.4, -0.2) is 20.4 Å². The third kappa shape index (κ3) is 4.80. The fourth-order valence-corrected chi connectivity index (χ4v) is 12.0. The average molecular weight is 864 g/mol. The number of ether oxygens (including phenoxy) is 3. The number of hydrogen-bond acceptors (Lipinski definition) is 3. The number of aryl methyl sites for hydroxylation is 6. The lowest BCUT2D eigenvalue weighted by Crippen LogP contribution is -2.60. The van der Waals surface area contributed by atoms with Crippen molar-refractivity contribution in [2.24, 2.45) is 0 Å². The smallest absolute Gasteiger partial charge is 0.270 e. The Hall–Kier alpha value is -8.16. The lowest BCUT2D eigenvalue weighted by molar-refractivity contribution is 0.441. The largest absolute Gasteiger partial charge is 0.458 e. The van der Waals surface area contributed by atoms with Gasteiger partial charge in [-0.1, -0.05) is 81.9 Å². The van der Waals surface area contributed by atoms with E-state index in [9.17, 15) is 0 Å². The Morgan fingerprint density at radius 3 is 0.866 bits per heavy atom. The van der Waals surface area contributed by atoms with Crippen LogP contribution in [0, 0.1) is 41.5 Å². The molecule has 12 aromatic rings. The predicted octanol–water partition coefficient (Wildman–Crippen LogP) is 13.7. The number of fused-ring (bicyclic) bond motifs is 9. The maximum Gasteiger partial charge on any atom is 0.270 e. The Labute approximate surface area is 386 Å². The molecule has 0 saturated carbocycles. The summed E-state index contributed by atoms with van der Waals surface area (Å²) >= 11 is 0. The monoisotopic (exact) mass is 863 g/mol. The Morgan fingerprint density at radius 2 is 0.567 bits per heavy atom. The van der Waals surface area contributed by atoms with Gasteiger partial charge < -0.3 is 27.9 Å². The molecule has 0 amide bonds. The number of rotatable bonds is 3. The van der Waals surface area contributed by atoms with Crippen LogP contribution in [0.1, 0.15) is 33.4 Å². The molecule has 0 fully saturated rings. The summed E-state index contributed by atoms with van der Waals surface area (Å²) in [4.78, 5) is 0. The molecule has 318 valence electrons. The quantitative estimate of drug-likeness (QED) is 0.166. The number of benzene rings is 9. The van der Waals surface area contributed by atoms with Crippen molar-refractivity contribution in [2.45, 2.75) is 41.5 Å². The molecular formula is C60H42BN3O3. The average Bonchev–Trinajstić information content (AvgIpc) is 3.92. The standard InChI is InChI=1S/C60H42BN3O3/c1-31-13-19-43-37(25-31)38-26-32(2)14-20-44(38)62(43)56-57(63-45-21-15-33(3)27-39(45)40-28-34(4)16-22-46(40)63)59-55-60(58(56)64-47-23-17-35(5)29-41(47)42-30-36(6)18-24-48(42)64)67-52-12-8-10-50-54(52)61(55)53-49(65-50)9-7-11-51(53)66-59/h7-30H,1-6H3. The summed E-state index contributed by atoms with van der Waals surface area (Å²) in [6.45, 7) is 12.9. The Morgan fingerprint density at radius 1 is 0.299 bits per heavy atom. The lowest BCUT2D eigenvalue weighted by atomic mass is 9.33. The molecule has 0 atom stereocenters. The van der Waals surface area contributed by atoms with Crippen LogP contribution in [0.5, 0.6) is 34.5 Å². The minimum absolute atomic E-state index is 0.233. The minimum Gasteiger partial charge on any atom is -0.458 e. The van der Waals surface area contributed by atoms with Gasteiger partial charge >= 0.3 is 0 Å². The van der Waals surface area contributed by atoms with Gasteiger partial charge in [-0.3, -0.25) is 0 Å². The third-order valence-electron chi connectivity index (χ3n) is 14.8. The highest BCUT2D eigenvalue weighted by atomic mass is 16.5. The molecule has 0 saturated heterocycles. The molecule has 0 aliphatic carbocycles. The van der Waals surface area contributed by atoms with Crippen molar-refractivity contribution >= 4 is 88.5 Å². The first kappa shape index (κ1) is 37.1. The SMILES string of the molecule is Cc1ccc2c(c1)c1cc(C)ccc1n2-c1c2c3c(c(-n4c5ccc(C)cc5c5cc(C)ccc54)c1-n1c4ccc(C)cc4c4cc(C)ccc41)Oc1cccc4c1B3c1c(cccc1O2)O4. The van der Waals surface area contributed by atoms with Crippen molar-refractivity contribution in [3.63, 3.8) is 0 Å². The highest BCUT2D eigenvalue weighted by molar-refractivity contribution is 6.99. The molecule has 0 unspecified atom stereocenters. The maximum absolute atomic E-state index is 7.63. The summed E-state index contributed by atoms with van der Waals surface area (Å²) in [7, 11) is 0. The van der Waals surface area contributed by atoms with Crippen LogP contribution >= 0.6 is 0 Å². The van der Waals surface area contributed by atoms with Crippen LogP contribution in [0.2, 0.25) is 0 Å². The molecule has 0 radical (unpaired) electrons. The molecule has 3 aliphatic rings. The van der Waals surface area contributed by atoms with Crippen molar-refractivity contribution < 1.29 is 14.2 Å². The zero-order valence-corrected chi connectivity index (χ0v) is 38.0. The zero-order valence-electron chi connectivity index (χ0n) is 38.0. The zero-order chi connectivity index (χ0) is 44.7. The Kier molecular flexibility index (Phi) is 7.09. The van der Waals surface area contributed by atoms with E-state index in [-0.39, 0.29) is 6.71 Å². The van der Waals surface area contributed by atoms with Crippen molar-refractivity contribution in [3.8, 4) is 51.6 Å². The normalized spacial score (nSPS) is 13.3. The van der Waals surface area contributed by atoms with E-state index in [2.05, 4.69) is 201 Å².